The molecular weight excluding hydrogens is 165 g/mol. The van der Waals surface area contributed by atoms with E-state index in [1.165, 1.54) is 13.8 Å². The summed E-state index contributed by atoms with van der Waals surface area (Å²) in [6.45, 7) is 7.62. The topological polar surface area (TPSA) is 0 Å². The molecule has 72 valence electrons. The Bertz CT molecular complexity index is 160. The summed E-state index contributed by atoms with van der Waals surface area (Å²) in [6, 6.07) is 0. The van der Waals surface area contributed by atoms with E-state index in [-0.39, 0.29) is 5.57 Å². The molecule has 0 atom stereocenters. The summed E-state index contributed by atoms with van der Waals surface area (Å²) in [5.74, 6) is -3.64. The zero-order chi connectivity index (χ0) is 10.3. The monoisotopic (exact) mass is 180 g/mol. The predicted molar refractivity (Wildman–Crippen MR) is 45.7 cm³/mol. The SMILES string of the molecule is CC.CC(C)=C(F)/C(F)=C(\C)F. The molecule has 0 amide bonds. The zero-order valence-electron chi connectivity index (χ0n) is 8.13. The maximum atomic E-state index is 12.4. The van der Waals surface area contributed by atoms with Gasteiger partial charge in [-0.1, -0.05) is 13.8 Å². The Morgan fingerprint density at radius 3 is 1.17 bits per heavy atom. The molecule has 0 bridgehead atoms. The maximum Gasteiger partial charge on any atom is 0.189 e. The third-order valence-corrected chi connectivity index (χ3v) is 0.934. The van der Waals surface area contributed by atoms with Gasteiger partial charge in [0.1, 0.15) is 5.83 Å². The van der Waals surface area contributed by atoms with Crippen LogP contribution in [0.15, 0.2) is 23.1 Å². The molecule has 0 aromatic rings. The van der Waals surface area contributed by atoms with E-state index in [1.807, 2.05) is 13.8 Å². The van der Waals surface area contributed by atoms with Gasteiger partial charge in [0.2, 0.25) is 0 Å². The molecule has 0 nitrogen and oxygen atoms in total. The Morgan fingerprint density at radius 1 is 0.750 bits per heavy atom. The van der Waals surface area contributed by atoms with Gasteiger partial charge in [0.25, 0.3) is 0 Å². The highest BCUT2D eigenvalue weighted by molar-refractivity contribution is 5.24. The molecule has 0 radical (unpaired) electrons. The van der Waals surface area contributed by atoms with Crippen molar-refractivity contribution in [1.82, 2.24) is 0 Å². The predicted octanol–water partition coefficient (Wildman–Crippen LogP) is 4.45. The minimum Gasteiger partial charge on any atom is -0.209 e. The lowest BCUT2D eigenvalue weighted by Gasteiger charge is -1.94. The molecule has 0 saturated carbocycles. The number of hydrogen-bond donors (Lipinski definition) is 0. The Balaban J connectivity index is 0. The van der Waals surface area contributed by atoms with Crippen LogP contribution in [-0.2, 0) is 0 Å². The Morgan fingerprint density at radius 2 is 1.08 bits per heavy atom. The van der Waals surface area contributed by atoms with Crippen molar-refractivity contribution in [2.24, 2.45) is 0 Å². The maximum absolute atomic E-state index is 12.4. The molecule has 12 heavy (non-hydrogen) atoms. The van der Waals surface area contributed by atoms with Crippen molar-refractivity contribution in [3.05, 3.63) is 23.1 Å². The van der Waals surface area contributed by atoms with Crippen molar-refractivity contribution < 1.29 is 13.2 Å². The van der Waals surface area contributed by atoms with E-state index < -0.39 is 17.5 Å². The van der Waals surface area contributed by atoms with Gasteiger partial charge in [0, 0.05) is 0 Å². The van der Waals surface area contributed by atoms with Crippen molar-refractivity contribution in [2.75, 3.05) is 0 Å². The lowest BCUT2D eigenvalue weighted by molar-refractivity contribution is 0.489. The smallest absolute Gasteiger partial charge is 0.189 e. The fourth-order valence-electron chi connectivity index (χ4n) is 0.371. The van der Waals surface area contributed by atoms with Crippen LogP contribution >= 0.6 is 0 Å². The first-order chi connectivity index (χ1) is 5.46. The number of allylic oxidation sites excluding steroid dienone is 4. The quantitative estimate of drug-likeness (QED) is 0.523. The third kappa shape index (κ3) is 4.99. The van der Waals surface area contributed by atoms with Crippen LogP contribution in [0.5, 0.6) is 0 Å². The molecular formula is C9H15F3. The van der Waals surface area contributed by atoms with Crippen LogP contribution in [0.1, 0.15) is 34.6 Å². The summed E-state index contributed by atoms with van der Waals surface area (Å²) in [5, 5.41) is 0. The van der Waals surface area contributed by atoms with Crippen LogP contribution in [0.25, 0.3) is 0 Å². The van der Waals surface area contributed by atoms with Gasteiger partial charge >= 0.3 is 0 Å². The lowest BCUT2D eigenvalue weighted by atomic mass is 10.3. The largest absolute Gasteiger partial charge is 0.209 e. The minimum atomic E-state index is -1.40. The first-order valence-corrected chi connectivity index (χ1v) is 3.82. The van der Waals surface area contributed by atoms with E-state index >= 15 is 0 Å². The molecule has 0 aliphatic heterocycles. The van der Waals surface area contributed by atoms with Gasteiger partial charge in [-0.2, -0.15) is 0 Å². The highest BCUT2D eigenvalue weighted by atomic mass is 19.2. The molecule has 0 aliphatic rings. The van der Waals surface area contributed by atoms with Crippen molar-refractivity contribution in [2.45, 2.75) is 34.6 Å². The summed E-state index contributed by atoms with van der Waals surface area (Å²) in [7, 11) is 0. The van der Waals surface area contributed by atoms with Crippen LogP contribution in [0.2, 0.25) is 0 Å². The molecule has 0 unspecified atom stereocenters. The first-order valence-electron chi connectivity index (χ1n) is 3.82. The molecule has 0 aromatic heterocycles. The van der Waals surface area contributed by atoms with Crippen molar-refractivity contribution >= 4 is 0 Å². The third-order valence-electron chi connectivity index (χ3n) is 0.934. The Hall–Kier alpha value is -0.730. The van der Waals surface area contributed by atoms with Gasteiger partial charge in [-0.25, -0.2) is 13.2 Å². The summed E-state index contributed by atoms with van der Waals surface area (Å²) in [6.07, 6.45) is 0. The molecule has 0 aromatic carbocycles. The Kier molecular flexibility index (Phi) is 8.01. The van der Waals surface area contributed by atoms with Gasteiger partial charge in [-0.3, -0.25) is 0 Å². The summed E-state index contributed by atoms with van der Waals surface area (Å²) >= 11 is 0. The molecule has 3 heteroatoms. The van der Waals surface area contributed by atoms with Crippen molar-refractivity contribution in [3.8, 4) is 0 Å². The summed E-state index contributed by atoms with van der Waals surface area (Å²) < 4.78 is 36.6. The molecule has 0 fully saturated rings. The molecule has 0 spiro atoms. The van der Waals surface area contributed by atoms with Crippen LogP contribution in [0.4, 0.5) is 13.2 Å². The van der Waals surface area contributed by atoms with Gasteiger partial charge in [0.05, 0.1) is 0 Å². The van der Waals surface area contributed by atoms with Crippen LogP contribution in [-0.4, -0.2) is 0 Å². The standard InChI is InChI=1S/C7H9F3.C2H6/c1-4(2)6(9)7(10)5(3)8;1-2/h1-3H3;1-2H3/b7-5-;. The second-order valence-corrected chi connectivity index (χ2v) is 2.16. The highest BCUT2D eigenvalue weighted by Crippen LogP contribution is 2.21. The van der Waals surface area contributed by atoms with Crippen molar-refractivity contribution in [1.29, 1.82) is 0 Å². The van der Waals surface area contributed by atoms with E-state index in [1.54, 1.807) is 0 Å². The number of hydrogen-bond acceptors (Lipinski definition) is 0. The summed E-state index contributed by atoms with van der Waals surface area (Å²) in [4.78, 5) is 0. The average molecular weight is 180 g/mol. The first kappa shape index (κ1) is 13.8. The zero-order valence-corrected chi connectivity index (χ0v) is 8.13. The second-order valence-electron chi connectivity index (χ2n) is 2.16. The average Bonchev–Trinajstić information content (AvgIpc) is 2.05. The van der Waals surface area contributed by atoms with E-state index in [0.29, 0.717) is 0 Å². The van der Waals surface area contributed by atoms with Crippen molar-refractivity contribution in [3.63, 3.8) is 0 Å². The fourth-order valence-corrected chi connectivity index (χ4v) is 0.371. The van der Waals surface area contributed by atoms with Crippen LogP contribution in [0.3, 0.4) is 0 Å². The van der Waals surface area contributed by atoms with E-state index in [0.717, 1.165) is 6.92 Å². The summed E-state index contributed by atoms with van der Waals surface area (Å²) in [5.41, 5.74) is 0.134. The Labute approximate surface area is 71.8 Å². The molecule has 0 rings (SSSR count). The normalized spacial score (nSPS) is 11.0. The molecule has 0 N–H and O–H groups in total. The molecule has 0 aliphatic carbocycles. The van der Waals surface area contributed by atoms with Gasteiger partial charge < -0.3 is 0 Å². The lowest BCUT2D eigenvalue weighted by Crippen LogP contribution is -1.81. The molecule has 0 saturated heterocycles. The molecule has 0 heterocycles. The van der Waals surface area contributed by atoms with Crippen LogP contribution in [0, 0.1) is 0 Å². The fraction of sp³-hybridized carbons (Fsp3) is 0.556. The van der Waals surface area contributed by atoms with Gasteiger partial charge in [-0.05, 0) is 26.3 Å². The van der Waals surface area contributed by atoms with Crippen LogP contribution < -0.4 is 0 Å². The second kappa shape index (κ2) is 6.95. The van der Waals surface area contributed by atoms with E-state index in [2.05, 4.69) is 0 Å². The minimum absolute atomic E-state index is 0.134. The number of rotatable bonds is 1. The number of halogens is 3. The highest BCUT2D eigenvalue weighted by Gasteiger charge is 2.08. The van der Waals surface area contributed by atoms with E-state index in [9.17, 15) is 13.2 Å². The van der Waals surface area contributed by atoms with E-state index in [4.69, 9.17) is 0 Å². The van der Waals surface area contributed by atoms with Gasteiger partial charge in [0.15, 0.2) is 11.7 Å². The van der Waals surface area contributed by atoms with Gasteiger partial charge in [-0.15, -0.1) is 0 Å².